The molecule has 1 amide bonds. The first kappa shape index (κ1) is 18.3. The molecular weight excluding hydrogens is 384 g/mol. The third-order valence-corrected chi connectivity index (χ3v) is 4.63. The molecule has 0 saturated heterocycles. The second kappa shape index (κ2) is 7.79. The molecule has 2 aromatic carbocycles. The SMILES string of the molecule is CC(Sc1nnnn1-c1ccc(Cl)cc1)C(=O)Nc1cc(F)ccc1F. The smallest absolute Gasteiger partial charge is 0.237 e. The normalized spacial score (nSPS) is 12.0. The van der Waals surface area contributed by atoms with Crippen LogP contribution in [0.15, 0.2) is 47.6 Å². The molecule has 0 radical (unpaired) electrons. The van der Waals surface area contributed by atoms with Gasteiger partial charge in [0, 0.05) is 11.1 Å². The van der Waals surface area contributed by atoms with Gasteiger partial charge in [0.2, 0.25) is 11.1 Å². The standard InChI is InChI=1S/C16H12ClF2N5OS/c1-9(15(25)20-14-8-11(18)4-7-13(14)19)26-16-21-22-23-24(16)12-5-2-10(17)3-6-12/h2-9H,1H3,(H,20,25). The van der Waals surface area contributed by atoms with Crippen LogP contribution in [0, 0.1) is 11.6 Å². The second-order valence-electron chi connectivity index (χ2n) is 5.22. The Bertz CT molecular complexity index is 935. The number of thioether (sulfide) groups is 1. The van der Waals surface area contributed by atoms with Crippen molar-refractivity contribution in [3.8, 4) is 5.69 Å². The fourth-order valence-electron chi connectivity index (χ4n) is 2.04. The van der Waals surface area contributed by atoms with Gasteiger partial charge >= 0.3 is 0 Å². The topological polar surface area (TPSA) is 72.7 Å². The number of carbonyl (C=O) groups excluding carboxylic acids is 1. The third kappa shape index (κ3) is 4.17. The van der Waals surface area contributed by atoms with Gasteiger partial charge in [-0.3, -0.25) is 4.79 Å². The van der Waals surface area contributed by atoms with Gasteiger partial charge < -0.3 is 5.32 Å². The number of anilines is 1. The molecule has 1 atom stereocenters. The van der Waals surface area contributed by atoms with Crippen molar-refractivity contribution in [2.45, 2.75) is 17.3 Å². The first-order chi connectivity index (χ1) is 12.4. The van der Waals surface area contributed by atoms with Crippen molar-refractivity contribution in [2.24, 2.45) is 0 Å². The Labute approximate surface area is 156 Å². The first-order valence-corrected chi connectivity index (χ1v) is 8.66. The van der Waals surface area contributed by atoms with Crippen LogP contribution in [-0.4, -0.2) is 31.4 Å². The van der Waals surface area contributed by atoms with E-state index in [9.17, 15) is 13.6 Å². The van der Waals surface area contributed by atoms with Crippen LogP contribution in [0.5, 0.6) is 0 Å². The molecule has 26 heavy (non-hydrogen) atoms. The van der Waals surface area contributed by atoms with Gasteiger partial charge in [0.1, 0.15) is 11.6 Å². The number of benzene rings is 2. The van der Waals surface area contributed by atoms with E-state index in [1.54, 1.807) is 31.2 Å². The highest BCUT2D eigenvalue weighted by molar-refractivity contribution is 8.00. The van der Waals surface area contributed by atoms with Gasteiger partial charge in [0.15, 0.2) is 0 Å². The first-order valence-electron chi connectivity index (χ1n) is 7.41. The van der Waals surface area contributed by atoms with Crippen molar-refractivity contribution in [3.05, 3.63) is 59.1 Å². The lowest BCUT2D eigenvalue weighted by molar-refractivity contribution is -0.115. The molecule has 1 heterocycles. The van der Waals surface area contributed by atoms with E-state index in [0.29, 0.717) is 15.9 Å². The zero-order valence-corrected chi connectivity index (χ0v) is 14.9. The van der Waals surface area contributed by atoms with Crippen LogP contribution in [0.1, 0.15) is 6.92 Å². The maximum atomic E-state index is 13.7. The van der Waals surface area contributed by atoms with Gasteiger partial charge in [0.05, 0.1) is 16.6 Å². The van der Waals surface area contributed by atoms with Crippen molar-refractivity contribution in [2.75, 3.05) is 5.32 Å². The predicted octanol–water partition coefficient (Wildman–Crippen LogP) is 3.71. The highest BCUT2D eigenvalue weighted by Gasteiger charge is 2.20. The minimum Gasteiger partial charge on any atom is -0.323 e. The molecule has 134 valence electrons. The lowest BCUT2D eigenvalue weighted by Crippen LogP contribution is -2.23. The fourth-order valence-corrected chi connectivity index (χ4v) is 2.97. The molecule has 0 bridgehead atoms. The van der Waals surface area contributed by atoms with Gasteiger partial charge in [0.25, 0.3) is 0 Å². The molecule has 0 aliphatic rings. The van der Waals surface area contributed by atoms with E-state index in [2.05, 4.69) is 20.8 Å². The summed E-state index contributed by atoms with van der Waals surface area (Å²) in [6, 6.07) is 9.69. The van der Waals surface area contributed by atoms with Gasteiger partial charge in [-0.25, -0.2) is 8.78 Å². The third-order valence-electron chi connectivity index (χ3n) is 3.35. The number of tetrazole rings is 1. The zero-order chi connectivity index (χ0) is 18.7. The summed E-state index contributed by atoms with van der Waals surface area (Å²) < 4.78 is 28.3. The molecule has 0 aliphatic heterocycles. The monoisotopic (exact) mass is 395 g/mol. The highest BCUT2D eigenvalue weighted by Crippen LogP contribution is 2.25. The van der Waals surface area contributed by atoms with Crippen LogP contribution in [0.4, 0.5) is 14.5 Å². The summed E-state index contributed by atoms with van der Waals surface area (Å²) in [6.07, 6.45) is 0. The summed E-state index contributed by atoms with van der Waals surface area (Å²) in [5, 5.41) is 14.0. The number of halogens is 3. The van der Waals surface area contributed by atoms with E-state index in [1.165, 1.54) is 4.68 Å². The largest absolute Gasteiger partial charge is 0.323 e. The van der Waals surface area contributed by atoms with Crippen LogP contribution >= 0.6 is 23.4 Å². The minimum absolute atomic E-state index is 0.222. The van der Waals surface area contributed by atoms with Crippen LogP contribution in [0.2, 0.25) is 5.02 Å². The number of hydrogen-bond donors (Lipinski definition) is 1. The van der Waals surface area contributed by atoms with Crippen molar-refractivity contribution in [1.82, 2.24) is 20.2 Å². The summed E-state index contributed by atoms with van der Waals surface area (Å²) in [7, 11) is 0. The van der Waals surface area contributed by atoms with Gasteiger partial charge in [-0.1, -0.05) is 23.4 Å². The van der Waals surface area contributed by atoms with E-state index < -0.39 is 22.8 Å². The number of aromatic nitrogens is 4. The molecule has 0 aliphatic carbocycles. The van der Waals surface area contributed by atoms with E-state index in [1.807, 2.05) is 0 Å². The van der Waals surface area contributed by atoms with Crippen LogP contribution in [0.25, 0.3) is 5.69 Å². The molecule has 3 aromatic rings. The molecule has 0 saturated carbocycles. The van der Waals surface area contributed by atoms with Gasteiger partial charge in [-0.15, -0.1) is 5.10 Å². The Morgan fingerprint density at radius 1 is 1.23 bits per heavy atom. The molecular formula is C16H12ClF2N5OS. The van der Waals surface area contributed by atoms with Crippen molar-refractivity contribution < 1.29 is 13.6 Å². The average molecular weight is 396 g/mol. The summed E-state index contributed by atoms with van der Waals surface area (Å²) in [5.41, 5.74) is 0.449. The van der Waals surface area contributed by atoms with E-state index >= 15 is 0 Å². The fraction of sp³-hybridized carbons (Fsp3) is 0.125. The van der Waals surface area contributed by atoms with Gasteiger partial charge in [-0.05, 0) is 53.7 Å². The number of nitrogens with zero attached hydrogens (tertiary/aromatic N) is 4. The van der Waals surface area contributed by atoms with Crippen molar-refractivity contribution in [3.63, 3.8) is 0 Å². The summed E-state index contributed by atoms with van der Waals surface area (Å²) in [5.74, 6) is -1.87. The van der Waals surface area contributed by atoms with Crippen molar-refractivity contribution >= 4 is 35.0 Å². The number of carbonyl (C=O) groups is 1. The maximum absolute atomic E-state index is 13.7. The number of rotatable bonds is 5. The quantitative estimate of drug-likeness (QED) is 0.667. The van der Waals surface area contributed by atoms with Crippen molar-refractivity contribution in [1.29, 1.82) is 0 Å². The molecule has 6 nitrogen and oxygen atoms in total. The van der Waals surface area contributed by atoms with E-state index in [-0.39, 0.29) is 5.69 Å². The molecule has 10 heteroatoms. The molecule has 1 unspecified atom stereocenters. The summed E-state index contributed by atoms with van der Waals surface area (Å²) >= 11 is 6.94. The van der Waals surface area contributed by atoms with E-state index in [4.69, 9.17) is 11.6 Å². The molecule has 0 fully saturated rings. The van der Waals surface area contributed by atoms with Gasteiger partial charge in [-0.2, -0.15) is 4.68 Å². The van der Waals surface area contributed by atoms with Crippen LogP contribution in [-0.2, 0) is 4.79 Å². The minimum atomic E-state index is -0.719. The lowest BCUT2D eigenvalue weighted by atomic mass is 10.3. The van der Waals surface area contributed by atoms with Crippen LogP contribution in [0.3, 0.4) is 0 Å². The highest BCUT2D eigenvalue weighted by atomic mass is 35.5. The predicted molar refractivity (Wildman–Crippen MR) is 94.5 cm³/mol. The molecule has 1 N–H and O–H groups in total. The number of amides is 1. The lowest BCUT2D eigenvalue weighted by Gasteiger charge is -2.12. The second-order valence-corrected chi connectivity index (χ2v) is 6.97. The zero-order valence-electron chi connectivity index (χ0n) is 13.4. The maximum Gasteiger partial charge on any atom is 0.237 e. The van der Waals surface area contributed by atoms with Crippen LogP contribution < -0.4 is 5.32 Å². The Morgan fingerprint density at radius 3 is 2.69 bits per heavy atom. The molecule has 0 spiro atoms. The summed E-state index contributed by atoms with van der Waals surface area (Å²) in [4.78, 5) is 12.3. The average Bonchev–Trinajstić information content (AvgIpc) is 3.07. The van der Waals surface area contributed by atoms with E-state index in [0.717, 1.165) is 30.0 Å². The Hall–Kier alpha value is -2.52. The molecule has 1 aromatic heterocycles. The molecule has 3 rings (SSSR count). The summed E-state index contributed by atoms with van der Waals surface area (Å²) in [6.45, 7) is 1.61. The number of hydrogen-bond acceptors (Lipinski definition) is 5. The Balaban J connectivity index is 1.73. The number of nitrogens with one attached hydrogen (secondary N) is 1. The Morgan fingerprint density at radius 2 is 1.96 bits per heavy atom. The Kier molecular flexibility index (Phi) is 5.48.